The summed E-state index contributed by atoms with van der Waals surface area (Å²) in [4.78, 5) is 0. The lowest BCUT2D eigenvalue weighted by Gasteiger charge is -2.27. The predicted octanol–water partition coefficient (Wildman–Crippen LogP) is 4.47. The average molecular weight is 233 g/mol. The van der Waals surface area contributed by atoms with E-state index in [1.54, 1.807) is 0 Å². The highest BCUT2D eigenvalue weighted by atomic mass is 14.9. The van der Waals surface area contributed by atoms with E-state index in [9.17, 15) is 0 Å². The second-order valence-electron chi connectivity index (χ2n) is 5.01. The van der Waals surface area contributed by atoms with Gasteiger partial charge in [0.1, 0.15) is 0 Å². The van der Waals surface area contributed by atoms with Gasteiger partial charge in [-0.2, -0.15) is 0 Å². The van der Waals surface area contributed by atoms with Crippen LogP contribution < -0.4 is 5.32 Å². The Morgan fingerprint density at radius 3 is 1.94 bits per heavy atom. The molecule has 0 saturated heterocycles. The molecule has 1 rings (SSSR count). The molecule has 1 aromatic carbocycles. The summed E-state index contributed by atoms with van der Waals surface area (Å²) in [7, 11) is 2.09. The van der Waals surface area contributed by atoms with Crippen LogP contribution in [0.25, 0.3) is 0 Å². The minimum atomic E-state index is 0.510. The molecule has 0 aliphatic rings. The number of nitrogens with one attached hydrogen (secondary N) is 1. The van der Waals surface area contributed by atoms with Gasteiger partial charge in [-0.1, -0.05) is 56.5 Å². The van der Waals surface area contributed by atoms with Crippen molar-refractivity contribution in [3.8, 4) is 0 Å². The molecule has 96 valence electrons. The van der Waals surface area contributed by atoms with Gasteiger partial charge in [0.25, 0.3) is 0 Å². The summed E-state index contributed by atoms with van der Waals surface area (Å²) in [6, 6.07) is 9.49. The van der Waals surface area contributed by atoms with Gasteiger partial charge in [-0.25, -0.2) is 0 Å². The van der Waals surface area contributed by atoms with E-state index in [1.807, 2.05) is 0 Å². The molecule has 0 aliphatic carbocycles. The van der Waals surface area contributed by atoms with Crippen molar-refractivity contribution in [1.29, 1.82) is 0 Å². The SMILES string of the molecule is CCCC(CCC)C(NC)c1ccc(C)cc1. The van der Waals surface area contributed by atoms with Gasteiger partial charge in [-0.3, -0.25) is 0 Å². The first-order valence-corrected chi connectivity index (χ1v) is 6.96. The lowest BCUT2D eigenvalue weighted by Crippen LogP contribution is -2.25. The Labute approximate surface area is 107 Å². The summed E-state index contributed by atoms with van der Waals surface area (Å²) in [6.45, 7) is 6.71. The van der Waals surface area contributed by atoms with Gasteiger partial charge in [-0.15, -0.1) is 0 Å². The van der Waals surface area contributed by atoms with Gasteiger partial charge >= 0.3 is 0 Å². The Bertz CT molecular complexity index is 296. The van der Waals surface area contributed by atoms with Gasteiger partial charge in [0.05, 0.1) is 0 Å². The monoisotopic (exact) mass is 233 g/mol. The Hall–Kier alpha value is -0.820. The van der Waals surface area contributed by atoms with Crippen molar-refractivity contribution < 1.29 is 0 Å². The Morgan fingerprint density at radius 1 is 1.00 bits per heavy atom. The van der Waals surface area contributed by atoms with Gasteiger partial charge in [0, 0.05) is 6.04 Å². The molecule has 17 heavy (non-hydrogen) atoms. The van der Waals surface area contributed by atoms with Crippen LogP contribution in [0.1, 0.15) is 56.7 Å². The predicted molar refractivity (Wildman–Crippen MR) is 76.3 cm³/mol. The van der Waals surface area contributed by atoms with Gasteiger partial charge in [-0.05, 0) is 38.3 Å². The van der Waals surface area contributed by atoms with Gasteiger partial charge in [0.15, 0.2) is 0 Å². The summed E-state index contributed by atoms with van der Waals surface area (Å²) in [5.74, 6) is 0.762. The van der Waals surface area contributed by atoms with Crippen molar-refractivity contribution in [2.75, 3.05) is 7.05 Å². The van der Waals surface area contributed by atoms with Crippen LogP contribution in [0.5, 0.6) is 0 Å². The molecule has 0 spiro atoms. The number of aryl methyl sites for hydroxylation is 1. The Balaban J connectivity index is 2.83. The van der Waals surface area contributed by atoms with Crippen LogP contribution in [-0.4, -0.2) is 7.05 Å². The van der Waals surface area contributed by atoms with Crippen molar-refractivity contribution in [2.45, 2.75) is 52.5 Å². The van der Waals surface area contributed by atoms with Crippen molar-refractivity contribution in [3.63, 3.8) is 0 Å². The maximum atomic E-state index is 3.51. The third kappa shape index (κ3) is 4.16. The summed E-state index contributed by atoms with van der Waals surface area (Å²) >= 11 is 0. The minimum Gasteiger partial charge on any atom is -0.313 e. The van der Waals surface area contributed by atoms with Crippen LogP contribution in [-0.2, 0) is 0 Å². The fraction of sp³-hybridized carbons (Fsp3) is 0.625. The molecule has 1 nitrogen and oxygen atoms in total. The van der Waals surface area contributed by atoms with Crippen molar-refractivity contribution in [1.82, 2.24) is 5.32 Å². The maximum Gasteiger partial charge on any atom is 0.0346 e. The number of rotatable bonds is 7. The second-order valence-corrected chi connectivity index (χ2v) is 5.01. The quantitative estimate of drug-likeness (QED) is 0.732. The zero-order chi connectivity index (χ0) is 12.7. The highest BCUT2D eigenvalue weighted by molar-refractivity contribution is 5.24. The third-order valence-corrected chi connectivity index (χ3v) is 3.54. The van der Waals surface area contributed by atoms with Gasteiger partial charge < -0.3 is 5.32 Å². The number of hydrogen-bond donors (Lipinski definition) is 1. The molecule has 0 saturated carbocycles. The van der Waals surface area contributed by atoms with Crippen LogP contribution >= 0.6 is 0 Å². The summed E-state index contributed by atoms with van der Waals surface area (Å²) < 4.78 is 0. The van der Waals surface area contributed by atoms with Crippen molar-refractivity contribution >= 4 is 0 Å². The number of hydrogen-bond acceptors (Lipinski definition) is 1. The van der Waals surface area contributed by atoms with E-state index in [4.69, 9.17) is 0 Å². The molecule has 1 atom stereocenters. The molecule has 0 aromatic heterocycles. The first kappa shape index (κ1) is 14.2. The lowest BCUT2D eigenvalue weighted by molar-refractivity contribution is 0.331. The molecule has 0 aliphatic heterocycles. The van der Waals surface area contributed by atoms with Crippen LogP contribution in [0.2, 0.25) is 0 Å². The molecule has 1 aromatic rings. The van der Waals surface area contributed by atoms with Crippen LogP contribution in [0.3, 0.4) is 0 Å². The van der Waals surface area contributed by atoms with E-state index < -0.39 is 0 Å². The van der Waals surface area contributed by atoms with E-state index in [-0.39, 0.29) is 0 Å². The van der Waals surface area contributed by atoms with E-state index >= 15 is 0 Å². The Morgan fingerprint density at radius 2 is 1.53 bits per heavy atom. The van der Waals surface area contributed by atoms with Crippen LogP contribution in [0, 0.1) is 12.8 Å². The largest absolute Gasteiger partial charge is 0.313 e. The van der Waals surface area contributed by atoms with E-state index in [0.717, 1.165) is 5.92 Å². The fourth-order valence-corrected chi connectivity index (χ4v) is 2.67. The summed E-state index contributed by atoms with van der Waals surface area (Å²) in [5.41, 5.74) is 2.77. The molecular formula is C16H27N. The summed E-state index contributed by atoms with van der Waals surface area (Å²) in [5, 5.41) is 3.51. The lowest BCUT2D eigenvalue weighted by atomic mass is 9.86. The summed E-state index contributed by atoms with van der Waals surface area (Å²) in [6.07, 6.45) is 5.17. The smallest absolute Gasteiger partial charge is 0.0346 e. The molecule has 0 amide bonds. The maximum absolute atomic E-state index is 3.51. The highest BCUT2D eigenvalue weighted by Gasteiger charge is 2.19. The van der Waals surface area contributed by atoms with E-state index in [0.29, 0.717) is 6.04 Å². The molecular weight excluding hydrogens is 206 g/mol. The normalized spacial score (nSPS) is 13.0. The minimum absolute atomic E-state index is 0.510. The molecule has 1 heteroatoms. The van der Waals surface area contributed by atoms with Crippen LogP contribution in [0.15, 0.2) is 24.3 Å². The van der Waals surface area contributed by atoms with Crippen molar-refractivity contribution in [3.05, 3.63) is 35.4 Å². The molecule has 0 radical (unpaired) electrons. The molecule has 0 bridgehead atoms. The zero-order valence-corrected chi connectivity index (χ0v) is 11.8. The first-order valence-electron chi connectivity index (χ1n) is 6.96. The zero-order valence-electron chi connectivity index (χ0n) is 11.8. The number of benzene rings is 1. The second kappa shape index (κ2) is 7.50. The van der Waals surface area contributed by atoms with Crippen LogP contribution in [0.4, 0.5) is 0 Å². The standard InChI is InChI=1S/C16H27N/c1-5-7-14(8-6-2)16(17-4)15-11-9-13(3)10-12-15/h9-12,14,16-17H,5-8H2,1-4H3. The topological polar surface area (TPSA) is 12.0 Å². The molecule has 0 heterocycles. The average Bonchev–Trinajstić information content (AvgIpc) is 2.33. The van der Waals surface area contributed by atoms with Gasteiger partial charge in [0.2, 0.25) is 0 Å². The molecule has 0 fully saturated rings. The Kier molecular flexibility index (Phi) is 6.28. The fourth-order valence-electron chi connectivity index (χ4n) is 2.67. The molecule has 1 unspecified atom stereocenters. The van der Waals surface area contributed by atoms with Crippen molar-refractivity contribution in [2.24, 2.45) is 5.92 Å². The highest BCUT2D eigenvalue weighted by Crippen LogP contribution is 2.29. The molecule has 1 N–H and O–H groups in total. The third-order valence-electron chi connectivity index (χ3n) is 3.54. The van der Waals surface area contributed by atoms with E-state index in [1.165, 1.54) is 36.8 Å². The first-order chi connectivity index (χ1) is 8.22. The van der Waals surface area contributed by atoms with E-state index in [2.05, 4.69) is 57.4 Å².